The zero-order chi connectivity index (χ0) is 15.3. The number of alkyl halides is 3. The first-order chi connectivity index (χ1) is 9.18. The molecule has 0 bridgehead atoms. The summed E-state index contributed by atoms with van der Waals surface area (Å²) in [6, 6.07) is 4.27. The van der Waals surface area contributed by atoms with Gasteiger partial charge in [0.15, 0.2) is 0 Å². The molecule has 20 heavy (non-hydrogen) atoms. The van der Waals surface area contributed by atoms with E-state index in [0.29, 0.717) is 0 Å². The lowest BCUT2D eigenvalue weighted by atomic mass is 10.0. The minimum Gasteiger partial charge on any atom is -0.481 e. The van der Waals surface area contributed by atoms with Crippen LogP contribution in [-0.2, 0) is 15.8 Å². The lowest BCUT2D eigenvalue weighted by Gasteiger charge is -2.11. The van der Waals surface area contributed by atoms with Crippen molar-refractivity contribution in [2.45, 2.75) is 25.9 Å². The molecular weight excluding hydrogens is 275 g/mol. The SMILES string of the molecule is CC(CC(=O)O)CC(=O)Nc1cccc(C(F)(F)F)c1. The summed E-state index contributed by atoms with van der Waals surface area (Å²) in [5, 5.41) is 10.9. The van der Waals surface area contributed by atoms with Crippen molar-refractivity contribution in [3.05, 3.63) is 29.8 Å². The Morgan fingerprint density at radius 3 is 2.50 bits per heavy atom. The van der Waals surface area contributed by atoms with E-state index in [1.54, 1.807) is 6.92 Å². The molecule has 0 saturated carbocycles. The molecule has 1 rings (SSSR count). The van der Waals surface area contributed by atoms with Gasteiger partial charge in [-0.3, -0.25) is 9.59 Å². The van der Waals surface area contributed by atoms with E-state index in [2.05, 4.69) is 5.32 Å². The molecule has 1 atom stereocenters. The number of carboxylic acid groups (broad SMARTS) is 1. The summed E-state index contributed by atoms with van der Waals surface area (Å²) in [6.45, 7) is 1.58. The van der Waals surface area contributed by atoms with Crippen molar-refractivity contribution in [3.63, 3.8) is 0 Å². The van der Waals surface area contributed by atoms with Crippen LogP contribution in [0.15, 0.2) is 24.3 Å². The molecule has 1 aromatic carbocycles. The fourth-order valence-corrected chi connectivity index (χ4v) is 1.67. The van der Waals surface area contributed by atoms with Crippen molar-refractivity contribution in [2.75, 3.05) is 5.32 Å². The average molecular weight is 289 g/mol. The van der Waals surface area contributed by atoms with Gasteiger partial charge in [0.1, 0.15) is 0 Å². The van der Waals surface area contributed by atoms with Gasteiger partial charge in [-0.1, -0.05) is 13.0 Å². The second kappa shape index (κ2) is 6.40. The van der Waals surface area contributed by atoms with Crippen molar-refractivity contribution in [1.29, 1.82) is 0 Å². The van der Waals surface area contributed by atoms with Crippen LogP contribution in [0.2, 0.25) is 0 Å². The van der Waals surface area contributed by atoms with E-state index in [0.717, 1.165) is 12.1 Å². The Balaban J connectivity index is 2.65. The predicted molar refractivity (Wildman–Crippen MR) is 66.1 cm³/mol. The Bertz CT molecular complexity index is 500. The molecule has 7 heteroatoms. The number of nitrogens with one attached hydrogen (secondary N) is 1. The molecule has 2 N–H and O–H groups in total. The Morgan fingerprint density at radius 1 is 1.30 bits per heavy atom. The van der Waals surface area contributed by atoms with Crippen LogP contribution in [0.1, 0.15) is 25.3 Å². The van der Waals surface area contributed by atoms with Gasteiger partial charge in [-0.2, -0.15) is 13.2 Å². The Hall–Kier alpha value is -2.05. The average Bonchev–Trinajstić information content (AvgIpc) is 2.26. The van der Waals surface area contributed by atoms with E-state index >= 15 is 0 Å². The van der Waals surface area contributed by atoms with E-state index in [4.69, 9.17) is 5.11 Å². The number of hydrogen-bond acceptors (Lipinski definition) is 2. The second-order valence-corrected chi connectivity index (χ2v) is 4.53. The molecule has 0 radical (unpaired) electrons. The van der Waals surface area contributed by atoms with E-state index < -0.39 is 29.5 Å². The van der Waals surface area contributed by atoms with Gasteiger partial charge in [0.05, 0.1) is 5.56 Å². The topological polar surface area (TPSA) is 66.4 Å². The standard InChI is InChI=1S/C13H14F3NO3/c1-8(6-12(19)20)5-11(18)17-10-4-2-3-9(7-10)13(14,15)16/h2-4,7-8H,5-6H2,1H3,(H,17,18)(H,19,20). The maximum atomic E-state index is 12.5. The first-order valence-corrected chi connectivity index (χ1v) is 5.87. The smallest absolute Gasteiger partial charge is 0.416 e. The zero-order valence-corrected chi connectivity index (χ0v) is 10.7. The molecule has 1 aromatic rings. The summed E-state index contributed by atoms with van der Waals surface area (Å²) in [5.41, 5.74) is -0.818. The van der Waals surface area contributed by atoms with Crippen LogP contribution in [0, 0.1) is 5.92 Å². The van der Waals surface area contributed by atoms with Gasteiger partial charge in [0, 0.05) is 18.5 Å². The van der Waals surface area contributed by atoms with Crippen LogP contribution in [-0.4, -0.2) is 17.0 Å². The highest BCUT2D eigenvalue weighted by molar-refractivity contribution is 5.91. The molecule has 0 aromatic heterocycles. The maximum absolute atomic E-state index is 12.5. The number of carboxylic acids is 1. The highest BCUT2D eigenvalue weighted by Gasteiger charge is 2.30. The number of amides is 1. The number of halogens is 3. The highest BCUT2D eigenvalue weighted by atomic mass is 19.4. The van der Waals surface area contributed by atoms with Crippen LogP contribution in [0.25, 0.3) is 0 Å². The van der Waals surface area contributed by atoms with Crippen molar-refractivity contribution >= 4 is 17.6 Å². The molecule has 1 unspecified atom stereocenters. The minimum absolute atomic E-state index is 0.0346. The third-order valence-electron chi connectivity index (χ3n) is 2.53. The largest absolute Gasteiger partial charge is 0.481 e. The molecule has 0 aliphatic rings. The summed E-state index contributed by atoms with van der Waals surface area (Å²) in [4.78, 5) is 22.0. The van der Waals surface area contributed by atoms with Crippen LogP contribution < -0.4 is 5.32 Å². The highest BCUT2D eigenvalue weighted by Crippen LogP contribution is 2.30. The normalized spacial score (nSPS) is 12.8. The van der Waals surface area contributed by atoms with Gasteiger partial charge < -0.3 is 10.4 Å². The van der Waals surface area contributed by atoms with Gasteiger partial charge in [0.2, 0.25) is 5.91 Å². The number of aliphatic carboxylic acids is 1. The van der Waals surface area contributed by atoms with E-state index in [1.165, 1.54) is 12.1 Å². The van der Waals surface area contributed by atoms with E-state index in [9.17, 15) is 22.8 Å². The van der Waals surface area contributed by atoms with Crippen molar-refractivity contribution in [2.24, 2.45) is 5.92 Å². The lowest BCUT2D eigenvalue weighted by Crippen LogP contribution is -2.17. The van der Waals surface area contributed by atoms with Crippen molar-refractivity contribution in [1.82, 2.24) is 0 Å². The number of anilines is 1. The predicted octanol–water partition coefficient (Wildman–Crippen LogP) is 3.14. The third kappa shape index (κ3) is 5.29. The monoisotopic (exact) mass is 289 g/mol. The first kappa shape index (κ1) is 16.0. The third-order valence-corrected chi connectivity index (χ3v) is 2.53. The second-order valence-electron chi connectivity index (χ2n) is 4.53. The zero-order valence-electron chi connectivity index (χ0n) is 10.7. The molecule has 0 spiro atoms. The van der Waals surface area contributed by atoms with Gasteiger partial charge in [-0.05, 0) is 24.1 Å². The Kier molecular flexibility index (Phi) is 5.12. The summed E-state index contributed by atoms with van der Waals surface area (Å²) in [6.07, 6.45) is -4.71. The molecule has 0 saturated heterocycles. The molecule has 0 heterocycles. The van der Waals surface area contributed by atoms with Crippen molar-refractivity contribution < 1.29 is 27.9 Å². The fourth-order valence-electron chi connectivity index (χ4n) is 1.67. The number of carbonyl (C=O) groups is 2. The quantitative estimate of drug-likeness (QED) is 0.875. The van der Waals surface area contributed by atoms with Crippen LogP contribution in [0.4, 0.5) is 18.9 Å². The Labute approximate surface area is 113 Å². The first-order valence-electron chi connectivity index (χ1n) is 5.87. The molecule has 0 aliphatic heterocycles. The number of hydrogen-bond donors (Lipinski definition) is 2. The van der Waals surface area contributed by atoms with Gasteiger partial charge in [-0.25, -0.2) is 0 Å². The molecular formula is C13H14F3NO3. The van der Waals surface area contributed by atoms with E-state index in [-0.39, 0.29) is 18.5 Å². The van der Waals surface area contributed by atoms with Crippen LogP contribution in [0.5, 0.6) is 0 Å². The minimum atomic E-state index is -4.47. The Morgan fingerprint density at radius 2 is 1.95 bits per heavy atom. The number of carbonyl (C=O) groups excluding carboxylic acids is 1. The fraction of sp³-hybridized carbons (Fsp3) is 0.385. The molecule has 1 amide bonds. The van der Waals surface area contributed by atoms with Crippen molar-refractivity contribution in [3.8, 4) is 0 Å². The molecule has 0 fully saturated rings. The summed E-state index contributed by atoms with van der Waals surface area (Å²) < 4.78 is 37.4. The lowest BCUT2D eigenvalue weighted by molar-refractivity contribution is -0.138. The van der Waals surface area contributed by atoms with Gasteiger partial charge in [-0.15, -0.1) is 0 Å². The summed E-state index contributed by atoms with van der Waals surface area (Å²) >= 11 is 0. The molecule has 0 aliphatic carbocycles. The number of rotatable bonds is 5. The van der Waals surface area contributed by atoms with Crippen LogP contribution >= 0.6 is 0 Å². The maximum Gasteiger partial charge on any atom is 0.416 e. The van der Waals surface area contributed by atoms with E-state index in [1.807, 2.05) is 0 Å². The summed E-state index contributed by atoms with van der Waals surface area (Å²) in [7, 11) is 0. The molecule has 110 valence electrons. The summed E-state index contributed by atoms with van der Waals surface area (Å²) in [5.74, 6) is -1.93. The van der Waals surface area contributed by atoms with Gasteiger partial charge in [0.25, 0.3) is 0 Å². The molecule has 4 nitrogen and oxygen atoms in total. The number of benzene rings is 1. The van der Waals surface area contributed by atoms with Crippen LogP contribution in [0.3, 0.4) is 0 Å². The van der Waals surface area contributed by atoms with Gasteiger partial charge >= 0.3 is 12.1 Å².